The first kappa shape index (κ1) is 25.4. The first-order valence-electron chi connectivity index (χ1n) is 11.0. The lowest BCUT2D eigenvalue weighted by molar-refractivity contribution is -0.942. The molecular weight excluding hydrogens is 440 g/mol. The van der Waals surface area contributed by atoms with Crippen LogP contribution in [0.2, 0.25) is 0 Å². The van der Waals surface area contributed by atoms with E-state index in [4.69, 9.17) is 15.9 Å². The van der Waals surface area contributed by atoms with Gasteiger partial charge in [0, 0.05) is 36.0 Å². The molecular formula is C25H31N2O7+. The number of carbonyl (C=O) groups is 3. The van der Waals surface area contributed by atoms with Crippen LogP contribution in [0.15, 0.2) is 55.2 Å². The van der Waals surface area contributed by atoms with Gasteiger partial charge in [-0.15, -0.1) is 0 Å². The Bertz CT molecular complexity index is 1070. The lowest BCUT2D eigenvalue weighted by Crippen LogP contribution is -2.77. The number of aliphatic hydroxyl groups is 2. The predicted octanol–water partition coefficient (Wildman–Crippen LogP) is 0.748. The minimum Gasteiger partial charge on any atom is -0.478 e. The third-order valence-electron chi connectivity index (χ3n) is 7.44. The first-order valence-corrected chi connectivity index (χ1v) is 11.0. The highest BCUT2D eigenvalue weighted by molar-refractivity contribution is 5.93. The molecule has 2 bridgehead atoms. The van der Waals surface area contributed by atoms with Crippen molar-refractivity contribution >= 4 is 17.8 Å². The number of nitrogens with two attached hydrogens (primary N) is 1. The first-order chi connectivity index (χ1) is 15.9. The van der Waals surface area contributed by atoms with Gasteiger partial charge in [-0.05, 0) is 41.8 Å². The van der Waals surface area contributed by atoms with E-state index in [9.17, 15) is 24.6 Å². The maximum atomic E-state index is 12.0. The van der Waals surface area contributed by atoms with Crippen molar-refractivity contribution in [3.63, 3.8) is 0 Å². The number of hydrogen-bond acceptors (Lipinski definition) is 5. The van der Waals surface area contributed by atoms with E-state index in [0.717, 1.165) is 41.5 Å². The lowest BCUT2D eigenvalue weighted by Gasteiger charge is -2.64. The van der Waals surface area contributed by atoms with Crippen LogP contribution in [0.3, 0.4) is 0 Å². The van der Waals surface area contributed by atoms with E-state index in [1.807, 2.05) is 24.3 Å². The van der Waals surface area contributed by atoms with Crippen LogP contribution in [0.25, 0.3) is 0 Å². The number of likely N-dealkylation sites (N-methyl/N-ethyl adjacent to an activating group) is 1. The summed E-state index contributed by atoms with van der Waals surface area (Å²) in [6.45, 7) is 5.59. The van der Waals surface area contributed by atoms with Crippen molar-refractivity contribution < 1.29 is 39.3 Å². The van der Waals surface area contributed by atoms with E-state index >= 15 is 0 Å². The number of nitrogens with zero attached hydrogens (tertiary/aromatic N) is 1. The summed E-state index contributed by atoms with van der Waals surface area (Å²) in [6.07, 6.45) is 7.88. The molecule has 34 heavy (non-hydrogen) atoms. The maximum Gasteiger partial charge on any atom is 0.328 e. The number of aliphatic hydroxyl groups excluding tert-OH is 1. The van der Waals surface area contributed by atoms with Crippen LogP contribution in [0, 0.1) is 0 Å². The zero-order valence-electron chi connectivity index (χ0n) is 19.1. The number of benzene rings is 1. The number of aliphatic carboxylic acids is 2. The molecule has 0 saturated carbocycles. The van der Waals surface area contributed by atoms with Crippen LogP contribution in [0.5, 0.6) is 0 Å². The molecule has 182 valence electrons. The minimum absolute atomic E-state index is 0.0232. The van der Waals surface area contributed by atoms with Crippen LogP contribution >= 0.6 is 0 Å². The SMILES string of the molecule is C=CC[N+]1(C)CC[C@]23CC(O)C=C[C@@]2(O)[C@H]1Cc1ccc(C(N)=O)cc13.O=C(O)/C=C/C(=O)O. The van der Waals surface area contributed by atoms with Crippen LogP contribution in [0.1, 0.15) is 34.3 Å². The molecule has 9 heteroatoms. The zero-order valence-corrected chi connectivity index (χ0v) is 19.1. The Morgan fingerprint density at radius 3 is 2.44 bits per heavy atom. The number of carbonyl (C=O) groups excluding carboxylic acids is 1. The molecule has 6 N–H and O–H groups in total. The number of hydrogen-bond donors (Lipinski definition) is 5. The molecule has 1 fully saturated rings. The Kier molecular flexibility index (Phi) is 6.84. The second-order valence-electron chi connectivity index (χ2n) is 9.43. The number of carboxylic acid groups (broad SMARTS) is 2. The molecule has 0 radical (unpaired) electrons. The standard InChI is InChI=1S/C21H26N2O3.C4H4O4/c1-3-9-23(2)10-8-20-13-16(24)6-7-21(20,26)18(23)12-14-4-5-15(19(22)25)11-17(14)20;5-3(6)1-2-4(7)8/h3-7,11,16,18,24,26H,1,8-10,12-13H2,2H3,(H-,22,25);1-2H,(H,5,6)(H,7,8)/p+1/b;2-1+/t16?,18-,20-,21-,23?;/m1./s1. The Labute approximate surface area is 197 Å². The molecule has 4 rings (SSSR count). The van der Waals surface area contributed by atoms with Crippen LogP contribution in [-0.4, -0.2) is 80.6 Å². The summed E-state index contributed by atoms with van der Waals surface area (Å²) in [7, 11) is 2.18. The third kappa shape index (κ3) is 4.29. The molecule has 9 nitrogen and oxygen atoms in total. The van der Waals surface area contributed by atoms with Gasteiger partial charge < -0.3 is 30.6 Å². The third-order valence-corrected chi connectivity index (χ3v) is 7.44. The van der Waals surface area contributed by atoms with Crippen molar-refractivity contribution in [2.45, 2.75) is 42.4 Å². The number of piperidine rings is 1. The Hall–Kier alpha value is -3.27. The van der Waals surface area contributed by atoms with Crippen molar-refractivity contribution in [2.24, 2.45) is 5.73 Å². The molecule has 3 aliphatic rings. The molecule has 5 atom stereocenters. The number of fused-ring (bicyclic) bond motifs is 1. The average molecular weight is 472 g/mol. The average Bonchev–Trinajstić information content (AvgIpc) is 2.76. The molecule has 1 saturated heterocycles. The topological polar surface area (TPSA) is 158 Å². The fourth-order valence-corrected chi connectivity index (χ4v) is 5.87. The number of primary amides is 1. The largest absolute Gasteiger partial charge is 0.478 e. The summed E-state index contributed by atoms with van der Waals surface area (Å²) in [5.41, 5.74) is 6.41. The zero-order chi connectivity index (χ0) is 25.3. The number of likely N-dealkylation sites (tertiary alicyclic amines) is 1. The molecule has 1 amide bonds. The fraction of sp³-hybridized carbons (Fsp3) is 0.400. The highest BCUT2D eigenvalue weighted by Gasteiger charge is 2.67. The lowest BCUT2D eigenvalue weighted by atomic mass is 9.50. The number of amides is 1. The normalized spacial score (nSPS) is 33.1. The van der Waals surface area contributed by atoms with Gasteiger partial charge in [-0.1, -0.05) is 18.7 Å². The monoisotopic (exact) mass is 471 g/mol. The molecule has 1 heterocycles. The van der Waals surface area contributed by atoms with Crippen LogP contribution in [-0.2, 0) is 21.4 Å². The Balaban J connectivity index is 0.000000350. The molecule has 2 unspecified atom stereocenters. The second kappa shape index (κ2) is 9.17. The van der Waals surface area contributed by atoms with Gasteiger partial charge in [-0.3, -0.25) is 4.79 Å². The van der Waals surface area contributed by atoms with Crippen molar-refractivity contribution in [2.75, 3.05) is 20.1 Å². The predicted molar refractivity (Wildman–Crippen MR) is 124 cm³/mol. The molecule has 2 aliphatic carbocycles. The van der Waals surface area contributed by atoms with Gasteiger partial charge in [0.2, 0.25) is 5.91 Å². The quantitative estimate of drug-likeness (QED) is 0.241. The maximum absolute atomic E-state index is 12.0. The summed E-state index contributed by atoms with van der Waals surface area (Å²) in [5, 5.41) is 38.0. The Morgan fingerprint density at radius 1 is 1.24 bits per heavy atom. The van der Waals surface area contributed by atoms with Crippen LogP contribution < -0.4 is 5.73 Å². The Morgan fingerprint density at radius 2 is 1.88 bits per heavy atom. The summed E-state index contributed by atoms with van der Waals surface area (Å²) < 4.78 is 0.721. The fourth-order valence-electron chi connectivity index (χ4n) is 5.87. The van der Waals surface area contributed by atoms with E-state index < -0.39 is 35.0 Å². The molecule has 1 aromatic rings. The molecule has 0 spiro atoms. The van der Waals surface area contributed by atoms with E-state index in [1.165, 1.54) is 0 Å². The van der Waals surface area contributed by atoms with Gasteiger partial charge in [-0.2, -0.15) is 0 Å². The summed E-state index contributed by atoms with van der Waals surface area (Å²) in [4.78, 5) is 30.8. The number of rotatable bonds is 5. The number of quaternary nitrogens is 1. The van der Waals surface area contributed by atoms with E-state index in [2.05, 4.69) is 13.6 Å². The summed E-state index contributed by atoms with van der Waals surface area (Å²) in [5.74, 6) is -2.98. The van der Waals surface area contributed by atoms with E-state index in [-0.39, 0.29) is 6.04 Å². The second-order valence-corrected chi connectivity index (χ2v) is 9.43. The summed E-state index contributed by atoms with van der Waals surface area (Å²) >= 11 is 0. The molecule has 0 aromatic heterocycles. The van der Waals surface area contributed by atoms with E-state index in [0.29, 0.717) is 24.1 Å². The van der Waals surface area contributed by atoms with Gasteiger partial charge in [0.25, 0.3) is 0 Å². The smallest absolute Gasteiger partial charge is 0.328 e. The minimum atomic E-state index is -1.26. The van der Waals surface area contributed by atoms with Gasteiger partial charge in [-0.25, -0.2) is 9.59 Å². The molecule has 1 aromatic carbocycles. The van der Waals surface area contributed by atoms with Crippen molar-refractivity contribution in [3.8, 4) is 0 Å². The number of carboxylic acids is 2. The highest BCUT2D eigenvalue weighted by Crippen LogP contribution is 2.57. The van der Waals surface area contributed by atoms with Gasteiger partial charge in [0.15, 0.2) is 0 Å². The van der Waals surface area contributed by atoms with E-state index in [1.54, 1.807) is 12.1 Å². The van der Waals surface area contributed by atoms with Crippen molar-refractivity contribution in [3.05, 3.63) is 71.8 Å². The molecule has 1 aliphatic heterocycles. The van der Waals surface area contributed by atoms with Crippen LogP contribution in [0.4, 0.5) is 0 Å². The van der Waals surface area contributed by atoms with Gasteiger partial charge in [0.1, 0.15) is 11.6 Å². The van der Waals surface area contributed by atoms with Gasteiger partial charge in [0.05, 0.1) is 26.2 Å². The van der Waals surface area contributed by atoms with Gasteiger partial charge >= 0.3 is 11.9 Å². The summed E-state index contributed by atoms with van der Waals surface area (Å²) in [6, 6.07) is 5.56. The van der Waals surface area contributed by atoms with Crippen molar-refractivity contribution in [1.82, 2.24) is 0 Å². The highest BCUT2D eigenvalue weighted by atomic mass is 16.4. The van der Waals surface area contributed by atoms with Crippen molar-refractivity contribution in [1.29, 1.82) is 0 Å².